The maximum Gasteiger partial charge on any atom is 0.344 e. The Bertz CT molecular complexity index is 1080. The van der Waals surface area contributed by atoms with Gasteiger partial charge in [-0.25, -0.2) is 9.59 Å². The minimum atomic E-state index is -0.433. The third-order valence-electron chi connectivity index (χ3n) is 4.73. The molecule has 0 radical (unpaired) electrons. The lowest BCUT2D eigenvalue weighted by atomic mass is 9.98. The highest BCUT2D eigenvalue weighted by molar-refractivity contribution is 6.11. The molecule has 0 saturated carbocycles. The predicted molar refractivity (Wildman–Crippen MR) is 124 cm³/mol. The van der Waals surface area contributed by atoms with Crippen LogP contribution in [0.5, 0.6) is 11.5 Å². The van der Waals surface area contributed by atoms with Gasteiger partial charge in [0, 0.05) is 21.5 Å². The lowest BCUT2D eigenvalue weighted by Crippen LogP contribution is -2.19. The molecule has 0 saturated heterocycles. The van der Waals surface area contributed by atoms with E-state index >= 15 is 0 Å². The van der Waals surface area contributed by atoms with E-state index in [1.54, 1.807) is 27.7 Å². The molecule has 0 aliphatic rings. The van der Waals surface area contributed by atoms with Gasteiger partial charge < -0.3 is 18.9 Å². The zero-order valence-corrected chi connectivity index (χ0v) is 19.5. The van der Waals surface area contributed by atoms with E-state index in [1.165, 1.54) is 0 Å². The molecular formula is C26H30O6. The second kappa shape index (κ2) is 9.90. The topological polar surface area (TPSA) is 71.1 Å². The molecule has 0 N–H and O–H groups in total. The molecule has 0 aromatic heterocycles. The summed E-state index contributed by atoms with van der Waals surface area (Å²) in [6.45, 7) is 10.7. The molecule has 6 nitrogen and oxygen atoms in total. The van der Waals surface area contributed by atoms with E-state index in [1.807, 2.05) is 50.2 Å². The Labute approximate surface area is 188 Å². The molecule has 0 unspecified atom stereocenters. The molecule has 32 heavy (non-hydrogen) atoms. The van der Waals surface area contributed by atoms with Crippen molar-refractivity contribution in [3.63, 3.8) is 0 Å². The maximum atomic E-state index is 12.1. The molecule has 0 fully saturated rings. The zero-order valence-electron chi connectivity index (χ0n) is 19.5. The normalized spacial score (nSPS) is 11.2. The van der Waals surface area contributed by atoms with Crippen LogP contribution in [-0.4, -0.2) is 37.4 Å². The van der Waals surface area contributed by atoms with Crippen LogP contribution in [-0.2, 0) is 19.1 Å². The molecule has 3 aromatic carbocycles. The molecular weight excluding hydrogens is 408 g/mol. The van der Waals surface area contributed by atoms with Crippen molar-refractivity contribution in [1.82, 2.24) is 0 Å². The van der Waals surface area contributed by atoms with E-state index in [0.29, 0.717) is 11.5 Å². The van der Waals surface area contributed by atoms with Gasteiger partial charge in [-0.15, -0.1) is 0 Å². The highest BCUT2D eigenvalue weighted by Crippen LogP contribution is 2.43. The number of rotatable bonds is 8. The first kappa shape index (κ1) is 23.4. The fraction of sp³-hybridized carbons (Fsp3) is 0.385. The van der Waals surface area contributed by atoms with Crippen LogP contribution in [0.25, 0.3) is 21.5 Å². The standard InChI is InChI=1S/C26H30O6/c1-15(2)31-23(27)13-29-25-19-9-7-17(5)11-21(19)26(30-14-24(28)32-16(3)4)22-12-18(6)8-10-20(22)25/h7-12,15-16H,13-14H2,1-6H3. The zero-order chi connectivity index (χ0) is 23.4. The van der Waals surface area contributed by atoms with E-state index in [4.69, 9.17) is 18.9 Å². The van der Waals surface area contributed by atoms with E-state index in [-0.39, 0.29) is 25.4 Å². The predicted octanol–water partition coefficient (Wildman–Crippen LogP) is 5.27. The Morgan fingerprint density at radius 2 is 1.03 bits per heavy atom. The quantitative estimate of drug-likeness (QED) is 0.352. The summed E-state index contributed by atoms with van der Waals surface area (Å²) >= 11 is 0. The molecule has 0 aliphatic carbocycles. The number of carbonyl (C=O) groups is 2. The molecule has 0 heterocycles. The number of esters is 2. The lowest BCUT2D eigenvalue weighted by Gasteiger charge is -2.19. The van der Waals surface area contributed by atoms with Crippen LogP contribution in [0.2, 0.25) is 0 Å². The van der Waals surface area contributed by atoms with Gasteiger partial charge in [-0.1, -0.05) is 35.4 Å². The Morgan fingerprint density at radius 3 is 1.41 bits per heavy atom. The third-order valence-corrected chi connectivity index (χ3v) is 4.73. The van der Waals surface area contributed by atoms with Gasteiger partial charge in [-0.05, 0) is 53.7 Å². The first-order chi connectivity index (χ1) is 15.2. The van der Waals surface area contributed by atoms with Crippen LogP contribution in [0.15, 0.2) is 36.4 Å². The summed E-state index contributed by atoms with van der Waals surface area (Å²) in [5, 5.41) is 3.17. The molecule has 3 rings (SSSR count). The van der Waals surface area contributed by atoms with Crippen molar-refractivity contribution in [2.75, 3.05) is 13.2 Å². The average molecular weight is 439 g/mol. The lowest BCUT2D eigenvalue weighted by molar-refractivity contribution is -0.150. The second-order valence-corrected chi connectivity index (χ2v) is 8.41. The first-order valence-electron chi connectivity index (χ1n) is 10.8. The Balaban J connectivity index is 2.11. The fourth-order valence-corrected chi connectivity index (χ4v) is 3.55. The molecule has 0 spiro atoms. The fourth-order valence-electron chi connectivity index (χ4n) is 3.55. The molecule has 170 valence electrons. The number of hydrogen-bond acceptors (Lipinski definition) is 6. The average Bonchev–Trinajstić information content (AvgIpc) is 2.69. The molecule has 0 atom stereocenters. The molecule has 6 heteroatoms. The minimum Gasteiger partial charge on any atom is -0.481 e. The second-order valence-electron chi connectivity index (χ2n) is 8.41. The van der Waals surface area contributed by atoms with Crippen LogP contribution in [0.3, 0.4) is 0 Å². The number of benzene rings is 3. The molecule has 0 aliphatic heterocycles. The van der Waals surface area contributed by atoms with E-state index < -0.39 is 11.9 Å². The van der Waals surface area contributed by atoms with Crippen LogP contribution in [0.4, 0.5) is 0 Å². The number of aryl methyl sites for hydroxylation is 2. The van der Waals surface area contributed by atoms with Gasteiger partial charge in [0.05, 0.1) is 12.2 Å². The summed E-state index contributed by atoms with van der Waals surface area (Å²) in [6, 6.07) is 11.8. The van der Waals surface area contributed by atoms with Gasteiger partial charge in [0.2, 0.25) is 0 Å². The van der Waals surface area contributed by atoms with Crippen molar-refractivity contribution < 1.29 is 28.5 Å². The Morgan fingerprint density at radius 1 is 0.656 bits per heavy atom. The monoisotopic (exact) mass is 438 g/mol. The summed E-state index contributed by atoms with van der Waals surface area (Å²) < 4.78 is 22.4. The van der Waals surface area contributed by atoms with Crippen molar-refractivity contribution in [1.29, 1.82) is 0 Å². The maximum absolute atomic E-state index is 12.1. The molecule has 0 amide bonds. The number of carbonyl (C=O) groups excluding carboxylic acids is 2. The minimum absolute atomic E-state index is 0.203. The van der Waals surface area contributed by atoms with Crippen molar-refractivity contribution in [2.45, 2.75) is 53.8 Å². The van der Waals surface area contributed by atoms with Gasteiger partial charge >= 0.3 is 11.9 Å². The van der Waals surface area contributed by atoms with Crippen molar-refractivity contribution in [3.05, 3.63) is 47.5 Å². The van der Waals surface area contributed by atoms with E-state index in [2.05, 4.69) is 0 Å². The SMILES string of the molecule is Cc1ccc2c(OCC(=O)OC(C)C)c3ccc(C)cc3c(OCC(=O)OC(C)C)c2c1. The smallest absolute Gasteiger partial charge is 0.344 e. The highest BCUT2D eigenvalue weighted by atomic mass is 16.6. The molecule has 0 bridgehead atoms. The van der Waals surface area contributed by atoms with Crippen LogP contribution >= 0.6 is 0 Å². The van der Waals surface area contributed by atoms with Gasteiger partial charge in [0.25, 0.3) is 0 Å². The van der Waals surface area contributed by atoms with Crippen LogP contribution in [0, 0.1) is 13.8 Å². The van der Waals surface area contributed by atoms with E-state index in [9.17, 15) is 9.59 Å². The number of ether oxygens (including phenoxy) is 4. The number of hydrogen-bond donors (Lipinski definition) is 0. The van der Waals surface area contributed by atoms with E-state index in [0.717, 1.165) is 32.7 Å². The van der Waals surface area contributed by atoms with Crippen molar-refractivity contribution >= 4 is 33.5 Å². The van der Waals surface area contributed by atoms with Crippen molar-refractivity contribution in [3.8, 4) is 11.5 Å². The summed E-state index contributed by atoms with van der Waals surface area (Å²) in [5.41, 5.74) is 2.06. The number of fused-ring (bicyclic) bond motifs is 2. The Hall–Kier alpha value is -3.28. The van der Waals surface area contributed by atoms with Crippen LogP contribution < -0.4 is 9.47 Å². The third kappa shape index (κ3) is 5.49. The van der Waals surface area contributed by atoms with Gasteiger partial charge in [0.15, 0.2) is 13.2 Å². The van der Waals surface area contributed by atoms with Crippen molar-refractivity contribution in [2.24, 2.45) is 0 Å². The summed E-state index contributed by atoms with van der Waals surface area (Å²) in [7, 11) is 0. The summed E-state index contributed by atoms with van der Waals surface area (Å²) in [6.07, 6.45) is -0.434. The first-order valence-corrected chi connectivity index (χ1v) is 10.8. The largest absolute Gasteiger partial charge is 0.481 e. The summed E-state index contributed by atoms with van der Waals surface area (Å²) in [5.74, 6) is 0.295. The highest BCUT2D eigenvalue weighted by Gasteiger charge is 2.19. The summed E-state index contributed by atoms with van der Waals surface area (Å²) in [4.78, 5) is 24.3. The van der Waals surface area contributed by atoms with Gasteiger partial charge in [-0.2, -0.15) is 0 Å². The van der Waals surface area contributed by atoms with Crippen LogP contribution in [0.1, 0.15) is 38.8 Å². The molecule has 3 aromatic rings. The van der Waals surface area contributed by atoms with Gasteiger partial charge in [0.1, 0.15) is 11.5 Å². The van der Waals surface area contributed by atoms with Gasteiger partial charge in [-0.3, -0.25) is 0 Å². The Kier molecular flexibility index (Phi) is 7.23.